The predicted octanol–water partition coefficient (Wildman–Crippen LogP) is 1.23. The van der Waals surface area contributed by atoms with Crippen molar-refractivity contribution in [3.63, 3.8) is 0 Å². The Labute approximate surface area is 138 Å². The summed E-state index contributed by atoms with van der Waals surface area (Å²) >= 11 is 0. The smallest absolute Gasteiger partial charge is 0.244 e. The lowest BCUT2D eigenvalue weighted by Crippen LogP contribution is -2.26. The topological polar surface area (TPSA) is 69.7 Å². The van der Waals surface area contributed by atoms with Gasteiger partial charge in [-0.2, -0.15) is 0 Å². The molecule has 0 saturated heterocycles. The highest BCUT2D eigenvalue weighted by molar-refractivity contribution is 7.89. The Morgan fingerprint density at radius 1 is 1.26 bits per heavy atom. The van der Waals surface area contributed by atoms with Crippen molar-refractivity contribution in [2.45, 2.75) is 17.9 Å². The van der Waals surface area contributed by atoms with Crippen molar-refractivity contribution in [3.8, 4) is 0 Å². The van der Waals surface area contributed by atoms with Crippen LogP contribution in [0.1, 0.15) is 18.5 Å². The molecule has 1 unspecified atom stereocenters. The van der Waals surface area contributed by atoms with Gasteiger partial charge in [0.1, 0.15) is 0 Å². The van der Waals surface area contributed by atoms with Crippen LogP contribution in [0.15, 0.2) is 41.3 Å². The van der Waals surface area contributed by atoms with Crippen molar-refractivity contribution in [3.05, 3.63) is 42.0 Å². The Morgan fingerprint density at radius 3 is 2.48 bits per heavy atom. The molecule has 0 aromatic heterocycles. The van der Waals surface area contributed by atoms with E-state index in [-0.39, 0.29) is 16.8 Å². The number of nitrogens with zero attached hydrogens (tertiary/aromatic N) is 2. The van der Waals surface area contributed by atoms with E-state index in [0.717, 1.165) is 5.56 Å². The van der Waals surface area contributed by atoms with Crippen molar-refractivity contribution in [2.24, 2.45) is 0 Å². The van der Waals surface area contributed by atoms with Gasteiger partial charge in [-0.05, 0) is 38.7 Å². The van der Waals surface area contributed by atoms with Gasteiger partial charge in [-0.15, -0.1) is 0 Å². The lowest BCUT2D eigenvalue weighted by atomic mass is 10.1. The second-order valence-electron chi connectivity index (χ2n) is 5.75. The van der Waals surface area contributed by atoms with E-state index < -0.39 is 10.0 Å². The number of carbonyl (C=O) groups is 1. The summed E-state index contributed by atoms with van der Waals surface area (Å²) in [6.45, 7) is 2.50. The zero-order chi connectivity index (χ0) is 17.6. The predicted molar refractivity (Wildman–Crippen MR) is 91.6 cm³/mol. The number of amides is 1. The molecule has 0 bridgehead atoms. The van der Waals surface area contributed by atoms with E-state index in [0.29, 0.717) is 6.54 Å². The molecule has 23 heavy (non-hydrogen) atoms. The van der Waals surface area contributed by atoms with E-state index in [1.165, 1.54) is 24.5 Å². The average Bonchev–Trinajstić information content (AvgIpc) is 2.46. The quantitative estimate of drug-likeness (QED) is 0.759. The largest absolute Gasteiger partial charge is 0.346 e. The maximum Gasteiger partial charge on any atom is 0.244 e. The van der Waals surface area contributed by atoms with E-state index >= 15 is 0 Å². The van der Waals surface area contributed by atoms with Crippen LogP contribution in [-0.2, 0) is 14.8 Å². The van der Waals surface area contributed by atoms with Gasteiger partial charge < -0.3 is 10.2 Å². The molecule has 1 N–H and O–H groups in total. The molecule has 0 fully saturated rings. The van der Waals surface area contributed by atoms with Gasteiger partial charge in [-0.25, -0.2) is 12.7 Å². The van der Waals surface area contributed by atoms with Gasteiger partial charge >= 0.3 is 0 Å². The molecular weight excluding hydrogens is 314 g/mol. The van der Waals surface area contributed by atoms with Gasteiger partial charge in [-0.1, -0.05) is 18.2 Å². The van der Waals surface area contributed by atoms with Gasteiger partial charge in [0.2, 0.25) is 15.9 Å². The highest BCUT2D eigenvalue weighted by atomic mass is 32.2. The number of sulfonamides is 1. The molecule has 1 amide bonds. The molecule has 6 nitrogen and oxygen atoms in total. The average molecular weight is 339 g/mol. The molecule has 1 aromatic rings. The maximum atomic E-state index is 12.2. The SMILES string of the molecule is CC(NC(=O)/C=C/CN(C)C)c1cccc(S(=O)(=O)N(C)C)c1. The zero-order valence-electron chi connectivity index (χ0n) is 14.3. The third-order valence-corrected chi connectivity index (χ3v) is 5.05. The second kappa shape index (κ2) is 8.24. The molecular formula is C16H25N3O3S. The molecule has 0 spiro atoms. The molecule has 0 aliphatic rings. The van der Waals surface area contributed by atoms with Crippen molar-refractivity contribution >= 4 is 15.9 Å². The number of hydrogen-bond donors (Lipinski definition) is 1. The molecule has 0 aliphatic carbocycles. The van der Waals surface area contributed by atoms with Crippen LogP contribution in [0, 0.1) is 0 Å². The van der Waals surface area contributed by atoms with Crippen LogP contribution in [0.25, 0.3) is 0 Å². The fraction of sp³-hybridized carbons (Fsp3) is 0.438. The van der Waals surface area contributed by atoms with Crippen molar-refractivity contribution in [1.82, 2.24) is 14.5 Å². The fourth-order valence-electron chi connectivity index (χ4n) is 1.87. The first kappa shape index (κ1) is 19.3. The van der Waals surface area contributed by atoms with Crippen LogP contribution in [-0.4, -0.2) is 58.3 Å². The number of nitrogens with one attached hydrogen (secondary N) is 1. The first-order chi connectivity index (χ1) is 10.6. The van der Waals surface area contributed by atoms with E-state index in [2.05, 4.69) is 5.32 Å². The first-order valence-electron chi connectivity index (χ1n) is 7.29. The molecule has 1 rings (SSSR count). The van der Waals surface area contributed by atoms with Crippen LogP contribution < -0.4 is 5.32 Å². The normalized spacial score (nSPS) is 13.7. The second-order valence-corrected chi connectivity index (χ2v) is 7.91. The van der Waals surface area contributed by atoms with Crippen LogP contribution >= 0.6 is 0 Å². The summed E-state index contributed by atoms with van der Waals surface area (Å²) in [4.78, 5) is 14.0. The van der Waals surface area contributed by atoms with Crippen molar-refractivity contribution < 1.29 is 13.2 Å². The number of likely N-dealkylation sites (N-methyl/N-ethyl adjacent to an activating group) is 1. The Kier molecular flexibility index (Phi) is 6.93. The van der Waals surface area contributed by atoms with Crippen LogP contribution in [0.4, 0.5) is 0 Å². The Balaban J connectivity index is 2.84. The molecule has 0 aliphatic heterocycles. The monoisotopic (exact) mass is 339 g/mol. The van der Waals surface area contributed by atoms with Gasteiger partial charge in [0, 0.05) is 26.7 Å². The van der Waals surface area contributed by atoms with Crippen molar-refractivity contribution in [1.29, 1.82) is 0 Å². The molecule has 1 aromatic carbocycles. The van der Waals surface area contributed by atoms with Crippen molar-refractivity contribution in [2.75, 3.05) is 34.7 Å². The van der Waals surface area contributed by atoms with Gasteiger partial charge in [-0.3, -0.25) is 4.79 Å². The molecule has 0 heterocycles. The minimum Gasteiger partial charge on any atom is -0.346 e. The van der Waals surface area contributed by atoms with Gasteiger partial charge in [0.05, 0.1) is 10.9 Å². The minimum absolute atomic E-state index is 0.208. The summed E-state index contributed by atoms with van der Waals surface area (Å²) < 4.78 is 25.5. The summed E-state index contributed by atoms with van der Waals surface area (Å²) in [6.07, 6.45) is 3.26. The number of carbonyl (C=O) groups excluding carboxylic acids is 1. The summed E-state index contributed by atoms with van der Waals surface area (Å²) in [7, 11) is 3.33. The summed E-state index contributed by atoms with van der Waals surface area (Å²) in [5, 5.41) is 2.83. The lowest BCUT2D eigenvalue weighted by Gasteiger charge is -2.16. The maximum absolute atomic E-state index is 12.2. The van der Waals surface area contributed by atoms with Crippen LogP contribution in [0.3, 0.4) is 0 Å². The fourth-order valence-corrected chi connectivity index (χ4v) is 2.83. The van der Waals surface area contributed by atoms with Gasteiger partial charge in [0.25, 0.3) is 0 Å². The minimum atomic E-state index is -3.48. The number of hydrogen-bond acceptors (Lipinski definition) is 4. The zero-order valence-corrected chi connectivity index (χ0v) is 15.1. The standard InChI is InChI=1S/C16H25N3O3S/c1-13(17-16(20)10-7-11-18(2)3)14-8-6-9-15(12-14)23(21,22)19(4)5/h6-10,12-13H,11H2,1-5H3,(H,17,20)/b10-7+. The van der Waals surface area contributed by atoms with Crippen LogP contribution in [0.5, 0.6) is 0 Å². The highest BCUT2D eigenvalue weighted by Crippen LogP contribution is 2.19. The van der Waals surface area contributed by atoms with Gasteiger partial charge in [0.15, 0.2) is 0 Å². The van der Waals surface area contributed by atoms with E-state index in [9.17, 15) is 13.2 Å². The Bertz CT molecular complexity index is 667. The lowest BCUT2D eigenvalue weighted by molar-refractivity contribution is -0.117. The molecule has 0 saturated carbocycles. The van der Waals surface area contributed by atoms with E-state index in [4.69, 9.17) is 0 Å². The van der Waals surface area contributed by atoms with E-state index in [1.54, 1.807) is 30.3 Å². The molecule has 1 atom stereocenters. The Morgan fingerprint density at radius 2 is 1.91 bits per heavy atom. The third-order valence-electron chi connectivity index (χ3n) is 3.24. The molecule has 7 heteroatoms. The summed E-state index contributed by atoms with van der Waals surface area (Å²) in [6, 6.07) is 6.32. The van der Waals surface area contributed by atoms with E-state index in [1.807, 2.05) is 25.9 Å². The summed E-state index contributed by atoms with van der Waals surface area (Å²) in [5.74, 6) is -0.208. The third kappa shape index (κ3) is 5.78. The molecule has 128 valence electrons. The Hall–Kier alpha value is -1.70. The van der Waals surface area contributed by atoms with Crippen LogP contribution in [0.2, 0.25) is 0 Å². The molecule has 0 radical (unpaired) electrons. The first-order valence-corrected chi connectivity index (χ1v) is 8.73. The number of benzene rings is 1. The summed E-state index contributed by atoms with van der Waals surface area (Å²) in [5.41, 5.74) is 0.738. The highest BCUT2D eigenvalue weighted by Gasteiger charge is 2.18. The number of rotatable bonds is 7.